The van der Waals surface area contributed by atoms with Crippen LogP contribution >= 0.6 is 15.9 Å². The van der Waals surface area contributed by atoms with Gasteiger partial charge < -0.3 is 9.47 Å². The lowest BCUT2D eigenvalue weighted by Gasteiger charge is -2.20. The average molecular weight is 268 g/mol. The molecule has 0 aromatic rings. The van der Waals surface area contributed by atoms with Crippen molar-refractivity contribution in [1.29, 1.82) is 0 Å². The Labute approximate surface area is 91.3 Å². The van der Waals surface area contributed by atoms with Gasteiger partial charge in [-0.3, -0.25) is 5.32 Å². The molecular formula is C8H14BrNO4. The number of esters is 1. The second-order valence-electron chi connectivity index (χ2n) is 3.53. The molecule has 0 aromatic carbocycles. The normalized spacial score (nSPS) is 12.9. The van der Waals surface area contributed by atoms with Crippen molar-refractivity contribution in [2.45, 2.75) is 31.3 Å². The van der Waals surface area contributed by atoms with Gasteiger partial charge in [0.2, 0.25) is 0 Å². The van der Waals surface area contributed by atoms with Gasteiger partial charge in [0.1, 0.15) is 5.60 Å². The Kier molecular flexibility index (Phi) is 4.90. The Morgan fingerprint density at radius 2 is 1.86 bits per heavy atom. The summed E-state index contributed by atoms with van der Waals surface area (Å²) in [5.41, 5.74) is -0.590. The van der Waals surface area contributed by atoms with Crippen LogP contribution in [0.2, 0.25) is 0 Å². The second-order valence-corrected chi connectivity index (χ2v) is 4.45. The molecule has 0 saturated carbocycles. The molecule has 1 N–H and O–H groups in total. The highest BCUT2D eigenvalue weighted by molar-refractivity contribution is 9.10. The SMILES string of the molecule is COC(=O)[C@H](Br)NC(=O)OC(C)(C)C. The first-order valence-corrected chi connectivity index (χ1v) is 4.89. The van der Waals surface area contributed by atoms with E-state index in [2.05, 4.69) is 26.0 Å². The number of hydrogen-bond acceptors (Lipinski definition) is 4. The maximum Gasteiger partial charge on any atom is 0.409 e. The third-order valence-electron chi connectivity index (χ3n) is 1.05. The summed E-state index contributed by atoms with van der Waals surface area (Å²) in [6, 6.07) is 0. The van der Waals surface area contributed by atoms with Crippen LogP contribution < -0.4 is 5.32 Å². The van der Waals surface area contributed by atoms with Gasteiger partial charge >= 0.3 is 12.1 Å². The number of nitrogens with one attached hydrogen (secondary N) is 1. The number of carbonyl (C=O) groups is 2. The Morgan fingerprint density at radius 3 is 2.21 bits per heavy atom. The Balaban J connectivity index is 4.01. The highest BCUT2D eigenvalue weighted by atomic mass is 79.9. The highest BCUT2D eigenvalue weighted by Crippen LogP contribution is 2.07. The second kappa shape index (κ2) is 5.19. The third kappa shape index (κ3) is 5.80. The molecule has 1 atom stereocenters. The van der Waals surface area contributed by atoms with Gasteiger partial charge in [0.05, 0.1) is 7.11 Å². The van der Waals surface area contributed by atoms with E-state index in [-0.39, 0.29) is 0 Å². The molecule has 5 nitrogen and oxygen atoms in total. The average Bonchev–Trinajstić information content (AvgIpc) is 1.99. The minimum atomic E-state index is -0.887. The number of halogens is 1. The van der Waals surface area contributed by atoms with E-state index in [0.29, 0.717) is 0 Å². The van der Waals surface area contributed by atoms with Crippen LogP contribution in [0.3, 0.4) is 0 Å². The number of alkyl carbamates (subject to hydrolysis) is 1. The van der Waals surface area contributed by atoms with Crippen LogP contribution in [0.15, 0.2) is 0 Å². The lowest BCUT2D eigenvalue weighted by atomic mass is 10.2. The van der Waals surface area contributed by atoms with Crippen molar-refractivity contribution in [3.05, 3.63) is 0 Å². The molecule has 0 aliphatic rings. The molecule has 1 amide bonds. The predicted molar refractivity (Wildman–Crippen MR) is 54.1 cm³/mol. The molecule has 0 aliphatic carbocycles. The predicted octanol–water partition coefficient (Wildman–Crippen LogP) is 1.41. The zero-order valence-corrected chi connectivity index (χ0v) is 10.2. The zero-order valence-electron chi connectivity index (χ0n) is 8.59. The van der Waals surface area contributed by atoms with Crippen molar-refractivity contribution in [3.63, 3.8) is 0 Å². The molecule has 82 valence electrons. The summed E-state index contributed by atoms with van der Waals surface area (Å²) < 4.78 is 9.30. The van der Waals surface area contributed by atoms with E-state index in [9.17, 15) is 9.59 Å². The van der Waals surface area contributed by atoms with E-state index in [1.165, 1.54) is 7.11 Å². The van der Waals surface area contributed by atoms with E-state index < -0.39 is 22.6 Å². The topological polar surface area (TPSA) is 64.6 Å². The van der Waals surface area contributed by atoms with Gasteiger partial charge in [0, 0.05) is 0 Å². The molecule has 0 spiro atoms. The molecule has 0 rings (SSSR count). The molecule has 0 fully saturated rings. The number of hydrogen-bond donors (Lipinski definition) is 1. The largest absolute Gasteiger partial charge is 0.467 e. The number of ether oxygens (including phenoxy) is 2. The molecule has 0 saturated heterocycles. The summed E-state index contributed by atoms with van der Waals surface area (Å²) in [7, 11) is 1.23. The molecule has 0 bridgehead atoms. The third-order valence-corrected chi connectivity index (χ3v) is 1.65. The fraction of sp³-hybridized carbons (Fsp3) is 0.750. The summed E-state index contributed by atoms with van der Waals surface area (Å²) in [4.78, 5) is 21.1. The Bertz CT molecular complexity index is 224. The summed E-state index contributed by atoms with van der Waals surface area (Å²) >= 11 is 2.93. The van der Waals surface area contributed by atoms with Crippen molar-refractivity contribution >= 4 is 28.0 Å². The molecular weight excluding hydrogens is 254 g/mol. The minimum Gasteiger partial charge on any atom is -0.467 e. The van der Waals surface area contributed by atoms with Crippen LogP contribution in [0.5, 0.6) is 0 Å². The van der Waals surface area contributed by atoms with E-state index >= 15 is 0 Å². The van der Waals surface area contributed by atoms with Crippen molar-refractivity contribution in [1.82, 2.24) is 5.32 Å². The number of carbonyl (C=O) groups excluding carboxylic acids is 2. The van der Waals surface area contributed by atoms with E-state index in [1.807, 2.05) is 0 Å². The fourth-order valence-electron chi connectivity index (χ4n) is 0.573. The van der Waals surface area contributed by atoms with E-state index in [1.54, 1.807) is 20.8 Å². The zero-order chi connectivity index (χ0) is 11.4. The van der Waals surface area contributed by atoms with Gasteiger partial charge in [0.15, 0.2) is 4.95 Å². The van der Waals surface area contributed by atoms with Crippen LogP contribution in [-0.2, 0) is 14.3 Å². The molecule has 0 aromatic heterocycles. The molecule has 14 heavy (non-hydrogen) atoms. The summed E-state index contributed by atoms with van der Waals surface area (Å²) in [5.74, 6) is -0.587. The van der Waals surface area contributed by atoms with Crippen molar-refractivity contribution in [2.75, 3.05) is 7.11 Å². The molecule has 0 aliphatic heterocycles. The standard InChI is InChI=1S/C8H14BrNO4/c1-8(2,3)14-7(12)10-5(9)6(11)13-4/h5H,1-4H3,(H,10,12)/t5-/m1/s1. The first-order chi connectivity index (χ1) is 6.26. The smallest absolute Gasteiger partial charge is 0.409 e. The van der Waals surface area contributed by atoms with Gasteiger partial charge in [-0.15, -0.1) is 0 Å². The number of rotatable bonds is 2. The Morgan fingerprint density at radius 1 is 1.36 bits per heavy atom. The molecule has 6 heteroatoms. The summed E-state index contributed by atoms with van der Waals surface area (Å²) in [6.07, 6.45) is -0.676. The van der Waals surface area contributed by atoms with E-state index in [0.717, 1.165) is 0 Å². The van der Waals surface area contributed by atoms with Crippen molar-refractivity contribution in [3.8, 4) is 0 Å². The van der Waals surface area contributed by atoms with Gasteiger partial charge in [0.25, 0.3) is 0 Å². The van der Waals surface area contributed by atoms with Crippen molar-refractivity contribution < 1.29 is 19.1 Å². The van der Waals surface area contributed by atoms with Crippen LogP contribution in [0.4, 0.5) is 4.79 Å². The molecule has 0 radical (unpaired) electrons. The monoisotopic (exact) mass is 267 g/mol. The lowest BCUT2D eigenvalue weighted by molar-refractivity contribution is -0.140. The quantitative estimate of drug-likeness (QED) is 0.467. The summed E-state index contributed by atoms with van der Waals surface area (Å²) in [5, 5.41) is 2.27. The van der Waals surface area contributed by atoms with Crippen LogP contribution in [-0.4, -0.2) is 29.7 Å². The highest BCUT2D eigenvalue weighted by Gasteiger charge is 2.22. The van der Waals surface area contributed by atoms with Gasteiger partial charge in [-0.05, 0) is 20.8 Å². The van der Waals surface area contributed by atoms with Crippen molar-refractivity contribution in [2.24, 2.45) is 0 Å². The summed E-state index contributed by atoms with van der Waals surface area (Å²) in [6.45, 7) is 5.19. The minimum absolute atomic E-state index is 0.587. The first-order valence-electron chi connectivity index (χ1n) is 3.97. The van der Waals surface area contributed by atoms with Crippen LogP contribution in [0.25, 0.3) is 0 Å². The number of amides is 1. The lowest BCUT2D eigenvalue weighted by Crippen LogP contribution is -2.40. The van der Waals surface area contributed by atoms with Gasteiger partial charge in [-0.2, -0.15) is 0 Å². The van der Waals surface area contributed by atoms with E-state index in [4.69, 9.17) is 4.74 Å². The van der Waals surface area contributed by atoms with Crippen LogP contribution in [0, 0.1) is 0 Å². The van der Waals surface area contributed by atoms with Gasteiger partial charge in [-0.25, -0.2) is 9.59 Å². The maximum atomic E-state index is 11.1. The fourth-order valence-corrected chi connectivity index (χ4v) is 0.947. The van der Waals surface area contributed by atoms with Crippen LogP contribution in [0.1, 0.15) is 20.8 Å². The Hall–Kier alpha value is -0.780. The molecule has 0 heterocycles. The van der Waals surface area contributed by atoms with Gasteiger partial charge in [-0.1, -0.05) is 15.9 Å². The maximum absolute atomic E-state index is 11.1. The first kappa shape index (κ1) is 13.2. The number of methoxy groups -OCH3 is 1. The number of alkyl halides is 1. The molecule has 0 unspecified atom stereocenters.